The van der Waals surface area contributed by atoms with Crippen molar-refractivity contribution >= 4 is 17.9 Å². The minimum absolute atomic E-state index is 0.0341. The number of nitrogens with one attached hydrogen (secondary N) is 3. The van der Waals surface area contributed by atoms with Gasteiger partial charge in [0.05, 0.1) is 17.7 Å². The van der Waals surface area contributed by atoms with Gasteiger partial charge in [0.2, 0.25) is 0 Å². The Hall–Kier alpha value is -2.52. The number of carbonyl (C=O) groups is 1. The number of hydrogen-bond donors (Lipinski definition) is 4. The number of amides is 2. The van der Waals surface area contributed by atoms with Crippen molar-refractivity contribution in [2.24, 2.45) is 5.10 Å². The fourth-order valence-corrected chi connectivity index (χ4v) is 1.70. The summed E-state index contributed by atoms with van der Waals surface area (Å²) < 4.78 is 0. The lowest BCUT2D eigenvalue weighted by atomic mass is 10.2. The molecule has 0 fully saturated rings. The van der Waals surface area contributed by atoms with Crippen LogP contribution in [0.5, 0.6) is 0 Å². The van der Waals surface area contributed by atoms with Crippen LogP contribution in [0, 0.1) is 10.1 Å². The van der Waals surface area contributed by atoms with Crippen LogP contribution in [0.3, 0.4) is 0 Å². The van der Waals surface area contributed by atoms with Crippen LogP contribution < -0.4 is 16.1 Å². The van der Waals surface area contributed by atoms with Crippen molar-refractivity contribution in [3.8, 4) is 0 Å². The van der Waals surface area contributed by atoms with Gasteiger partial charge in [0.1, 0.15) is 0 Å². The van der Waals surface area contributed by atoms with Crippen LogP contribution >= 0.6 is 0 Å². The molecule has 9 nitrogen and oxygen atoms in total. The van der Waals surface area contributed by atoms with Crippen molar-refractivity contribution in [2.75, 3.05) is 26.2 Å². The Morgan fingerprint density at radius 3 is 2.83 bits per heavy atom. The number of aliphatic hydroxyl groups is 1. The van der Waals surface area contributed by atoms with E-state index >= 15 is 0 Å². The topological polar surface area (TPSA) is 129 Å². The summed E-state index contributed by atoms with van der Waals surface area (Å²) in [4.78, 5) is 21.6. The molecule has 1 aromatic rings. The molecule has 0 bridgehead atoms. The number of nitro groups is 1. The van der Waals surface area contributed by atoms with Crippen molar-refractivity contribution in [2.45, 2.75) is 12.8 Å². The second-order valence-corrected chi connectivity index (χ2v) is 4.66. The van der Waals surface area contributed by atoms with Gasteiger partial charge in [-0.2, -0.15) is 5.10 Å². The van der Waals surface area contributed by atoms with E-state index in [2.05, 4.69) is 21.2 Å². The summed E-state index contributed by atoms with van der Waals surface area (Å²) in [5, 5.41) is 28.6. The maximum Gasteiger partial charge on any atom is 0.335 e. The van der Waals surface area contributed by atoms with Crippen molar-refractivity contribution < 1.29 is 14.8 Å². The molecule has 4 N–H and O–H groups in total. The summed E-state index contributed by atoms with van der Waals surface area (Å²) in [7, 11) is 0. The number of hydrazone groups is 1. The van der Waals surface area contributed by atoms with Gasteiger partial charge >= 0.3 is 6.03 Å². The maximum absolute atomic E-state index is 11.5. The number of unbranched alkanes of at least 4 members (excludes halogenated alkanes) is 1. The zero-order valence-electron chi connectivity index (χ0n) is 12.7. The number of hydrogen-bond acceptors (Lipinski definition) is 6. The zero-order chi connectivity index (χ0) is 16.9. The maximum atomic E-state index is 11.5. The monoisotopic (exact) mass is 323 g/mol. The normalized spacial score (nSPS) is 10.7. The SMILES string of the molecule is O=C(NCCCCNCCO)N/N=C\c1cccc([N+](=O)[O-])c1. The minimum atomic E-state index is -0.493. The number of nitrogens with zero attached hydrogens (tertiary/aromatic N) is 2. The fraction of sp³-hybridized carbons (Fsp3) is 0.429. The second-order valence-electron chi connectivity index (χ2n) is 4.66. The molecular weight excluding hydrogens is 302 g/mol. The van der Waals surface area contributed by atoms with Gasteiger partial charge in [-0.05, 0) is 19.4 Å². The molecule has 0 aliphatic heterocycles. The van der Waals surface area contributed by atoms with E-state index in [1.54, 1.807) is 12.1 Å². The molecule has 0 spiro atoms. The lowest BCUT2D eigenvalue weighted by Gasteiger charge is -2.04. The Labute approximate surface area is 133 Å². The van der Waals surface area contributed by atoms with Crippen molar-refractivity contribution in [1.82, 2.24) is 16.1 Å². The van der Waals surface area contributed by atoms with Gasteiger partial charge in [0.15, 0.2) is 0 Å². The van der Waals surface area contributed by atoms with Gasteiger partial charge in [-0.25, -0.2) is 10.2 Å². The number of carbonyl (C=O) groups excluding carboxylic acids is 1. The third kappa shape index (κ3) is 8.49. The van der Waals surface area contributed by atoms with Crippen LogP contribution in [-0.4, -0.2) is 48.5 Å². The van der Waals surface area contributed by atoms with Crippen molar-refractivity contribution in [3.05, 3.63) is 39.9 Å². The quantitative estimate of drug-likeness (QED) is 0.217. The van der Waals surface area contributed by atoms with Crippen LogP contribution in [0.25, 0.3) is 0 Å². The highest BCUT2D eigenvalue weighted by Crippen LogP contribution is 2.11. The molecule has 1 rings (SSSR count). The molecule has 1 aromatic carbocycles. The third-order valence-electron chi connectivity index (χ3n) is 2.82. The molecule has 0 radical (unpaired) electrons. The van der Waals surface area contributed by atoms with Crippen molar-refractivity contribution in [3.63, 3.8) is 0 Å². The van der Waals surface area contributed by atoms with E-state index < -0.39 is 11.0 Å². The molecule has 0 aliphatic carbocycles. The molecule has 0 saturated heterocycles. The largest absolute Gasteiger partial charge is 0.395 e. The molecule has 2 amide bonds. The first-order chi connectivity index (χ1) is 11.1. The summed E-state index contributed by atoms with van der Waals surface area (Å²) in [5.41, 5.74) is 2.78. The van der Waals surface area contributed by atoms with Gasteiger partial charge in [0.25, 0.3) is 5.69 Å². The molecule has 0 aromatic heterocycles. The van der Waals surface area contributed by atoms with E-state index in [0.29, 0.717) is 18.7 Å². The van der Waals surface area contributed by atoms with Crippen molar-refractivity contribution in [1.29, 1.82) is 0 Å². The van der Waals surface area contributed by atoms with E-state index in [1.807, 2.05) is 0 Å². The Kier molecular flexibility index (Phi) is 8.94. The van der Waals surface area contributed by atoms with E-state index in [4.69, 9.17) is 5.11 Å². The standard InChI is InChI=1S/C14H21N5O4/c20-9-8-15-6-1-2-7-16-14(21)18-17-11-12-4-3-5-13(10-12)19(22)23/h3-5,10-11,15,20H,1-2,6-9H2,(H2,16,18,21)/b17-11-. The number of benzene rings is 1. The molecule has 0 atom stereocenters. The second kappa shape index (κ2) is 11.1. The first-order valence-electron chi connectivity index (χ1n) is 7.26. The number of rotatable bonds is 10. The molecule has 0 saturated carbocycles. The van der Waals surface area contributed by atoms with E-state index in [9.17, 15) is 14.9 Å². The highest BCUT2D eigenvalue weighted by Gasteiger charge is 2.04. The molecule has 0 heterocycles. The van der Waals surface area contributed by atoms with Gasteiger partial charge < -0.3 is 15.7 Å². The molecule has 0 unspecified atom stereocenters. The molecular formula is C14H21N5O4. The summed E-state index contributed by atoms with van der Waals surface area (Å²) in [5.74, 6) is 0. The Bertz CT molecular complexity index is 536. The first kappa shape index (κ1) is 18.5. The highest BCUT2D eigenvalue weighted by molar-refractivity contribution is 5.82. The predicted molar refractivity (Wildman–Crippen MR) is 86.4 cm³/mol. The lowest BCUT2D eigenvalue weighted by molar-refractivity contribution is -0.384. The van der Waals surface area contributed by atoms with E-state index in [0.717, 1.165) is 19.4 Å². The number of urea groups is 1. The van der Waals surface area contributed by atoms with Crippen LogP contribution in [0.1, 0.15) is 18.4 Å². The third-order valence-corrected chi connectivity index (χ3v) is 2.82. The Morgan fingerprint density at radius 2 is 2.09 bits per heavy atom. The van der Waals surface area contributed by atoms with Crippen LogP contribution in [0.4, 0.5) is 10.5 Å². The van der Waals surface area contributed by atoms with Gasteiger partial charge in [-0.1, -0.05) is 12.1 Å². The predicted octanol–water partition coefficient (Wildman–Crippen LogP) is 0.590. The minimum Gasteiger partial charge on any atom is -0.395 e. The molecule has 0 aliphatic rings. The first-order valence-corrected chi connectivity index (χ1v) is 7.26. The van der Waals surface area contributed by atoms with Crippen LogP contribution in [0.2, 0.25) is 0 Å². The van der Waals surface area contributed by atoms with E-state index in [-0.39, 0.29) is 12.3 Å². The number of aliphatic hydroxyl groups excluding tert-OH is 1. The molecule has 23 heavy (non-hydrogen) atoms. The average molecular weight is 323 g/mol. The summed E-state index contributed by atoms with van der Waals surface area (Å²) in [6, 6.07) is 5.50. The molecule has 9 heteroatoms. The Morgan fingerprint density at radius 1 is 1.30 bits per heavy atom. The highest BCUT2D eigenvalue weighted by atomic mass is 16.6. The zero-order valence-corrected chi connectivity index (χ0v) is 12.7. The number of non-ortho nitro benzene ring substituents is 1. The van der Waals surface area contributed by atoms with Crippen LogP contribution in [-0.2, 0) is 0 Å². The molecule has 126 valence electrons. The fourth-order valence-electron chi connectivity index (χ4n) is 1.70. The lowest BCUT2D eigenvalue weighted by Crippen LogP contribution is -2.33. The number of nitro benzene ring substituents is 1. The summed E-state index contributed by atoms with van der Waals surface area (Å²) in [6.07, 6.45) is 3.03. The van der Waals surface area contributed by atoms with E-state index in [1.165, 1.54) is 18.3 Å². The Balaban J connectivity index is 2.20. The van der Waals surface area contributed by atoms with Gasteiger partial charge in [-0.3, -0.25) is 10.1 Å². The summed E-state index contributed by atoms with van der Waals surface area (Å²) in [6.45, 7) is 1.98. The van der Waals surface area contributed by atoms with Gasteiger partial charge in [-0.15, -0.1) is 0 Å². The average Bonchev–Trinajstić information content (AvgIpc) is 2.54. The van der Waals surface area contributed by atoms with Crippen LogP contribution in [0.15, 0.2) is 29.4 Å². The summed E-state index contributed by atoms with van der Waals surface area (Å²) >= 11 is 0. The smallest absolute Gasteiger partial charge is 0.335 e. The van der Waals surface area contributed by atoms with Gasteiger partial charge in [0, 0.05) is 30.8 Å².